The van der Waals surface area contributed by atoms with Gasteiger partial charge in [0.2, 0.25) is 0 Å². The zero-order chi connectivity index (χ0) is 33.7. The first kappa shape index (κ1) is 32.2. The van der Waals surface area contributed by atoms with Crippen LogP contribution in [-0.4, -0.2) is 0 Å². The molecule has 0 spiro atoms. The summed E-state index contributed by atoms with van der Waals surface area (Å²) in [5.74, 6) is 1.62. The van der Waals surface area contributed by atoms with Crippen LogP contribution in [0.2, 0.25) is 0 Å². The molecule has 6 atom stereocenters. The van der Waals surface area contributed by atoms with Crippen LogP contribution in [0, 0.1) is 23.5 Å². The topological polar surface area (TPSA) is 27.7 Å². The lowest BCUT2D eigenvalue weighted by atomic mass is 9.56. The predicted octanol–water partition coefficient (Wildman–Crippen LogP) is 11.5. The third-order valence-corrected chi connectivity index (χ3v) is 12.0. The minimum atomic E-state index is -0.488. The molecular formula is C44H44F2O3. The Morgan fingerprint density at radius 2 is 0.918 bits per heavy atom. The van der Waals surface area contributed by atoms with Crippen molar-refractivity contribution in [2.75, 3.05) is 0 Å². The van der Waals surface area contributed by atoms with Crippen molar-refractivity contribution in [3.8, 4) is 11.5 Å². The average molecular weight is 659 g/mol. The molecule has 252 valence electrons. The van der Waals surface area contributed by atoms with Crippen molar-refractivity contribution in [3.05, 3.63) is 156 Å². The molecule has 0 aromatic heterocycles. The summed E-state index contributed by atoms with van der Waals surface area (Å²) < 4.78 is 48.0. The van der Waals surface area contributed by atoms with Gasteiger partial charge in [-0.05, 0) is 109 Å². The van der Waals surface area contributed by atoms with Gasteiger partial charge in [0.15, 0.2) is 0 Å². The maximum absolute atomic E-state index is 13.8. The minimum absolute atomic E-state index is 0.237. The first-order valence-electron chi connectivity index (χ1n) is 17.9. The van der Waals surface area contributed by atoms with Crippen molar-refractivity contribution in [2.24, 2.45) is 11.8 Å². The summed E-state index contributed by atoms with van der Waals surface area (Å²) in [6.45, 7) is 8.07. The van der Waals surface area contributed by atoms with Crippen molar-refractivity contribution in [1.82, 2.24) is 0 Å². The van der Waals surface area contributed by atoms with Crippen LogP contribution in [0.5, 0.6) is 11.5 Å². The molecule has 4 aliphatic rings. The van der Waals surface area contributed by atoms with Gasteiger partial charge in [-0.2, -0.15) is 0 Å². The SMILES string of the molecule is C=CCC1(c2ccc(F)cc2)OC2(c3ccc(Oc4ccc(C56CCCCC5C(CC=C)(c5ccc(F)cc5)O6)cc4)cc3)CCCCC12. The van der Waals surface area contributed by atoms with Crippen LogP contribution in [0.25, 0.3) is 0 Å². The van der Waals surface area contributed by atoms with E-state index in [1.54, 1.807) is 0 Å². The predicted molar refractivity (Wildman–Crippen MR) is 188 cm³/mol. The van der Waals surface area contributed by atoms with Gasteiger partial charge in [-0.1, -0.05) is 86.4 Å². The highest BCUT2D eigenvalue weighted by molar-refractivity contribution is 5.43. The van der Waals surface area contributed by atoms with E-state index < -0.39 is 11.2 Å². The van der Waals surface area contributed by atoms with Crippen LogP contribution in [-0.2, 0) is 31.9 Å². The van der Waals surface area contributed by atoms with E-state index >= 15 is 0 Å². The number of hydrogen-bond acceptors (Lipinski definition) is 3. The molecule has 2 saturated heterocycles. The molecule has 2 aliphatic heterocycles. The maximum Gasteiger partial charge on any atom is 0.127 e. The van der Waals surface area contributed by atoms with E-state index in [1.165, 1.54) is 24.3 Å². The van der Waals surface area contributed by atoms with Gasteiger partial charge in [-0.25, -0.2) is 8.78 Å². The fourth-order valence-corrected chi connectivity index (χ4v) is 10.00. The number of ether oxygens (including phenoxy) is 3. The zero-order valence-electron chi connectivity index (χ0n) is 28.0. The Labute approximate surface area is 288 Å². The Morgan fingerprint density at radius 1 is 0.551 bits per heavy atom. The zero-order valence-corrected chi connectivity index (χ0v) is 28.0. The minimum Gasteiger partial charge on any atom is -0.457 e. The molecule has 0 bridgehead atoms. The van der Waals surface area contributed by atoms with Crippen LogP contribution >= 0.6 is 0 Å². The number of rotatable bonds is 10. The molecular weight excluding hydrogens is 614 g/mol. The molecule has 4 aromatic carbocycles. The van der Waals surface area contributed by atoms with Crippen molar-refractivity contribution >= 4 is 0 Å². The smallest absolute Gasteiger partial charge is 0.127 e. The normalized spacial score (nSPS) is 31.7. The van der Waals surface area contributed by atoms with E-state index in [1.807, 2.05) is 60.7 Å². The number of halogens is 2. The lowest BCUT2D eigenvalue weighted by Gasteiger charge is -2.65. The Morgan fingerprint density at radius 3 is 1.29 bits per heavy atom. The van der Waals surface area contributed by atoms with E-state index in [4.69, 9.17) is 14.2 Å². The van der Waals surface area contributed by atoms with Crippen molar-refractivity contribution < 1.29 is 23.0 Å². The fourth-order valence-electron chi connectivity index (χ4n) is 10.00. The molecule has 4 fully saturated rings. The molecule has 4 aromatic rings. The van der Waals surface area contributed by atoms with E-state index in [0.717, 1.165) is 85.1 Å². The van der Waals surface area contributed by atoms with Gasteiger partial charge in [0.25, 0.3) is 0 Å². The largest absolute Gasteiger partial charge is 0.457 e. The highest BCUT2D eigenvalue weighted by Gasteiger charge is 2.67. The summed E-state index contributed by atoms with van der Waals surface area (Å²) in [7, 11) is 0. The Kier molecular flexibility index (Phi) is 8.12. The average Bonchev–Trinajstić information content (AvgIpc) is 3.11. The first-order chi connectivity index (χ1) is 23.9. The number of fused-ring (bicyclic) bond motifs is 2. The molecule has 5 heteroatoms. The van der Waals surface area contributed by atoms with Crippen molar-refractivity contribution in [1.29, 1.82) is 0 Å². The van der Waals surface area contributed by atoms with Gasteiger partial charge in [-0.15, -0.1) is 13.2 Å². The molecule has 6 unspecified atom stereocenters. The first-order valence-corrected chi connectivity index (χ1v) is 17.9. The standard InChI is InChI=1S/C44H44F2O3/c1-3-27-41(31-11-19-35(45)20-12-31)39-9-5-7-29-43(39,48-41)33-15-23-37(24-16-33)47-38-25-17-34(18-26-38)44-30-8-6-10-40(44)42(49-44,28-4-2)32-13-21-36(46)22-14-32/h3-4,11-26,39-40H,1-2,5-10,27-30H2. The number of benzene rings is 4. The summed E-state index contributed by atoms with van der Waals surface area (Å²) >= 11 is 0. The molecule has 2 saturated carbocycles. The van der Waals surface area contributed by atoms with Gasteiger partial charge in [0, 0.05) is 11.8 Å². The second-order valence-electron chi connectivity index (χ2n) is 14.5. The Bertz CT molecular complexity index is 1680. The van der Waals surface area contributed by atoms with Crippen molar-refractivity contribution in [3.63, 3.8) is 0 Å². The molecule has 49 heavy (non-hydrogen) atoms. The lowest BCUT2D eigenvalue weighted by Crippen LogP contribution is -2.65. The Balaban J connectivity index is 1.00. The van der Waals surface area contributed by atoms with Crippen LogP contribution in [0.1, 0.15) is 86.5 Å². The third-order valence-electron chi connectivity index (χ3n) is 12.0. The van der Waals surface area contributed by atoms with Gasteiger partial charge in [0.1, 0.15) is 45.5 Å². The summed E-state index contributed by atoms with van der Waals surface area (Å²) in [6, 6.07) is 30.3. The highest BCUT2D eigenvalue weighted by atomic mass is 19.1. The molecule has 0 amide bonds. The van der Waals surface area contributed by atoms with Crippen LogP contribution < -0.4 is 4.74 Å². The molecule has 3 nitrogen and oxygen atoms in total. The number of hydrogen-bond donors (Lipinski definition) is 0. The highest BCUT2D eigenvalue weighted by Crippen LogP contribution is 2.67. The lowest BCUT2D eigenvalue weighted by molar-refractivity contribution is -0.354. The molecule has 2 aliphatic carbocycles. The van der Waals surface area contributed by atoms with E-state index in [-0.39, 0.29) is 34.7 Å². The second kappa shape index (κ2) is 12.4. The van der Waals surface area contributed by atoms with E-state index in [2.05, 4.69) is 37.4 Å². The van der Waals surface area contributed by atoms with Gasteiger partial charge in [0.05, 0.1) is 0 Å². The molecule has 0 N–H and O–H groups in total. The van der Waals surface area contributed by atoms with Crippen LogP contribution in [0.4, 0.5) is 8.78 Å². The van der Waals surface area contributed by atoms with Crippen molar-refractivity contribution in [2.45, 2.75) is 86.6 Å². The van der Waals surface area contributed by atoms with E-state index in [9.17, 15) is 8.78 Å². The van der Waals surface area contributed by atoms with Gasteiger partial charge < -0.3 is 14.2 Å². The monoisotopic (exact) mass is 658 g/mol. The maximum atomic E-state index is 13.8. The quantitative estimate of drug-likeness (QED) is 0.159. The summed E-state index contributed by atoms with van der Waals surface area (Å²) in [5.41, 5.74) is 2.65. The van der Waals surface area contributed by atoms with E-state index in [0.29, 0.717) is 12.8 Å². The molecule has 8 rings (SSSR count). The summed E-state index contributed by atoms with van der Waals surface area (Å²) in [5, 5.41) is 0. The van der Waals surface area contributed by atoms with Crippen LogP contribution in [0.3, 0.4) is 0 Å². The summed E-state index contributed by atoms with van der Waals surface area (Å²) in [4.78, 5) is 0. The fraction of sp³-hybridized carbons (Fsp3) is 0.364. The summed E-state index contributed by atoms with van der Waals surface area (Å²) in [6.07, 6.45) is 13.8. The Hall–Kier alpha value is -4.06. The van der Waals surface area contributed by atoms with Crippen LogP contribution in [0.15, 0.2) is 122 Å². The second-order valence-corrected chi connectivity index (χ2v) is 14.5. The molecule has 0 radical (unpaired) electrons. The van der Waals surface area contributed by atoms with Gasteiger partial charge >= 0.3 is 0 Å². The third kappa shape index (κ3) is 5.03. The molecule has 2 heterocycles. The van der Waals surface area contributed by atoms with Gasteiger partial charge in [-0.3, -0.25) is 0 Å².